The molecule has 3 fully saturated rings. The average Bonchev–Trinajstić information content (AvgIpc) is 3.17. The molecule has 1 N–H and O–H groups in total. The molecular formula is C19H22BrNO4S2. The van der Waals surface area contributed by atoms with Crippen LogP contribution in [0.1, 0.15) is 32.1 Å². The molecular weight excluding hydrogens is 450 g/mol. The van der Waals surface area contributed by atoms with Gasteiger partial charge in [0.15, 0.2) is 0 Å². The molecule has 0 amide bonds. The first-order valence-electron chi connectivity index (χ1n) is 11.7. The Labute approximate surface area is 186 Å². The zero-order valence-electron chi connectivity index (χ0n) is 21.2. The van der Waals surface area contributed by atoms with Crippen LogP contribution in [0, 0.1) is 0 Å². The number of epoxide rings is 1. The number of likely N-dealkylation sites (N-methyl/N-ethyl adjacent to an activating group) is 1. The van der Waals surface area contributed by atoms with Crippen molar-refractivity contribution in [3.63, 3.8) is 0 Å². The first-order chi connectivity index (χ1) is 15.2. The summed E-state index contributed by atoms with van der Waals surface area (Å²) in [5.41, 5.74) is -2.24. The number of fused-ring (bicyclic) bond motifs is 5. The van der Waals surface area contributed by atoms with Crippen molar-refractivity contribution in [3.05, 3.63) is 44.8 Å². The quantitative estimate of drug-likeness (QED) is 0.360. The molecule has 0 aliphatic carbocycles. The monoisotopic (exact) mass is 478 g/mol. The van der Waals surface area contributed by atoms with Crippen LogP contribution in [-0.4, -0.2) is 60.0 Å². The summed E-state index contributed by atoms with van der Waals surface area (Å²) >= 11 is 2.23. The molecule has 0 saturated carbocycles. The molecule has 146 valence electrons. The number of morpholine rings is 1. The number of halogens is 1. The van der Waals surface area contributed by atoms with E-state index in [1.807, 2.05) is 0 Å². The molecule has 3 aliphatic rings. The molecule has 8 heteroatoms. The van der Waals surface area contributed by atoms with Gasteiger partial charge in [-0.2, -0.15) is 0 Å². The summed E-state index contributed by atoms with van der Waals surface area (Å²) in [4.78, 5) is 14.0. The van der Waals surface area contributed by atoms with Crippen LogP contribution in [0.15, 0.2) is 35.0 Å². The van der Waals surface area contributed by atoms with Crippen molar-refractivity contribution in [2.24, 2.45) is 0 Å². The number of ether oxygens (including phenoxy) is 2. The van der Waals surface area contributed by atoms with E-state index in [4.69, 9.17) is 19.1 Å². The Morgan fingerprint density at radius 3 is 2.30 bits per heavy atom. The van der Waals surface area contributed by atoms with Crippen LogP contribution in [0.4, 0.5) is 0 Å². The zero-order valence-corrected chi connectivity index (χ0v) is 17.4. The molecule has 0 spiro atoms. The van der Waals surface area contributed by atoms with E-state index < -0.39 is 66.2 Å². The average molecular weight is 479 g/mol. The van der Waals surface area contributed by atoms with Gasteiger partial charge in [0.25, 0.3) is 0 Å². The molecule has 0 radical (unpaired) electrons. The van der Waals surface area contributed by atoms with Gasteiger partial charge in [0.2, 0.25) is 5.60 Å². The number of rotatable bonds is 4. The number of quaternary nitrogens is 1. The third kappa shape index (κ3) is 2.84. The summed E-state index contributed by atoms with van der Waals surface area (Å²) in [6, 6.07) is 3.86. The number of piperidine rings is 1. The van der Waals surface area contributed by atoms with Crippen molar-refractivity contribution < 1.29 is 50.4 Å². The highest BCUT2D eigenvalue weighted by Gasteiger charge is 2.71. The third-order valence-corrected chi connectivity index (χ3v) is 7.22. The van der Waals surface area contributed by atoms with Crippen LogP contribution in [0.25, 0.3) is 0 Å². The fourth-order valence-corrected chi connectivity index (χ4v) is 5.55. The maximum atomic E-state index is 13.5. The fourth-order valence-electron chi connectivity index (χ4n) is 3.84. The predicted octanol–water partition coefficient (Wildman–Crippen LogP) is -0.650. The van der Waals surface area contributed by atoms with Gasteiger partial charge in [0, 0.05) is 18.2 Å². The van der Waals surface area contributed by atoms with E-state index in [1.54, 1.807) is 35.0 Å². The van der Waals surface area contributed by atoms with Gasteiger partial charge < -0.3 is 36.0 Å². The van der Waals surface area contributed by atoms with Crippen LogP contribution in [-0.2, 0) is 19.9 Å². The lowest BCUT2D eigenvalue weighted by atomic mass is 9.95. The number of esters is 1. The fraction of sp³-hybridized carbons (Fsp3) is 0.526. The summed E-state index contributed by atoms with van der Waals surface area (Å²) in [6.45, 7) is -2.71. The SMILES string of the molecule is [2H]C1([2H])C(OC(=O)C(O)(c2cccs2)c2cccs2)C([2H])([2H])C2C3OC3C1[N+]2(C)C([2H])([2H])[2H].[Br-]. The standard InChI is InChI=1S/C19H22NO4S2.BrH/c1-20(2)12-9-11(10-13(20)17-16(12)24-17)23-18(21)19(22,14-5-3-7-25-14)15-6-4-8-26-15;/h3-8,11-13,16-17,22H,9-10H2,1-2H3;1H/q+1;/p-1/i1D3,9D2,10D2;. The van der Waals surface area contributed by atoms with E-state index >= 15 is 0 Å². The summed E-state index contributed by atoms with van der Waals surface area (Å²) in [7, 11) is 1.32. The molecule has 5 rings (SSSR count). The summed E-state index contributed by atoms with van der Waals surface area (Å²) < 4.78 is 69.5. The van der Waals surface area contributed by atoms with Gasteiger partial charge >= 0.3 is 5.97 Å². The Morgan fingerprint density at radius 2 is 1.85 bits per heavy atom. The largest absolute Gasteiger partial charge is 1.00 e. The van der Waals surface area contributed by atoms with E-state index in [9.17, 15) is 9.90 Å². The molecule has 2 aromatic heterocycles. The normalized spacial score (nSPS) is 44.7. The van der Waals surface area contributed by atoms with Gasteiger partial charge in [-0.1, -0.05) is 12.1 Å². The molecule has 3 aliphatic heterocycles. The first-order valence-corrected chi connectivity index (χ1v) is 9.98. The van der Waals surface area contributed by atoms with Crippen LogP contribution < -0.4 is 17.0 Å². The van der Waals surface area contributed by atoms with Crippen molar-refractivity contribution in [3.8, 4) is 0 Å². The smallest absolute Gasteiger partial charge is 0.349 e. The third-order valence-electron chi connectivity index (χ3n) is 5.26. The van der Waals surface area contributed by atoms with Gasteiger partial charge in [-0.25, -0.2) is 4.79 Å². The van der Waals surface area contributed by atoms with E-state index in [0.29, 0.717) is 0 Å². The summed E-state index contributed by atoms with van der Waals surface area (Å²) in [6.07, 6.45) is -8.68. The molecule has 3 saturated heterocycles. The topological polar surface area (TPSA) is 59.1 Å². The number of hydrogen-bond acceptors (Lipinski definition) is 6. The van der Waals surface area contributed by atoms with Gasteiger partial charge in [0.05, 0.1) is 27.9 Å². The second-order valence-corrected chi connectivity index (χ2v) is 8.78. The molecule has 0 aromatic carbocycles. The molecule has 4 unspecified atom stereocenters. The zero-order chi connectivity index (χ0) is 24.2. The minimum absolute atomic E-state index is 0. The second-order valence-electron chi connectivity index (χ2n) is 6.89. The highest BCUT2D eigenvalue weighted by atomic mass is 79.9. The minimum atomic E-state index is -2.71. The highest BCUT2D eigenvalue weighted by Crippen LogP contribution is 2.52. The Hall–Kier alpha value is -0.770. The summed E-state index contributed by atoms with van der Waals surface area (Å²) in [5, 5.41) is 14.8. The lowest BCUT2D eigenvalue weighted by molar-refractivity contribution is -0.938. The number of aliphatic hydroxyl groups is 1. The Balaban J connectivity index is 0.00000274. The number of hydrogen-bond donors (Lipinski definition) is 1. The van der Waals surface area contributed by atoms with Crippen LogP contribution in [0.5, 0.6) is 0 Å². The van der Waals surface area contributed by atoms with Gasteiger partial charge in [-0.3, -0.25) is 0 Å². The van der Waals surface area contributed by atoms with Crippen LogP contribution in [0.3, 0.4) is 0 Å². The van der Waals surface area contributed by atoms with E-state index in [-0.39, 0.29) is 26.7 Å². The lowest BCUT2D eigenvalue weighted by Gasteiger charge is -2.45. The van der Waals surface area contributed by atoms with Gasteiger partial charge in [-0.15, -0.1) is 22.7 Å². The van der Waals surface area contributed by atoms with Crippen molar-refractivity contribution >= 4 is 28.6 Å². The maximum absolute atomic E-state index is 13.5. The highest BCUT2D eigenvalue weighted by molar-refractivity contribution is 7.12. The van der Waals surface area contributed by atoms with Crippen molar-refractivity contribution in [2.45, 2.75) is 48.7 Å². The molecule has 2 bridgehead atoms. The molecule has 5 nitrogen and oxygen atoms in total. The van der Waals surface area contributed by atoms with Crippen LogP contribution in [0.2, 0.25) is 0 Å². The van der Waals surface area contributed by atoms with E-state index in [2.05, 4.69) is 0 Å². The Morgan fingerprint density at radius 1 is 1.30 bits per heavy atom. The second kappa shape index (κ2) is 6.64. The summed E-state index contributed by atoms with van der Waals surface area (Å²) in [5.74, 6) is -1.20. The number of nitrogens with zero attached hydrogens (tertiary/aromatic N) is 1. The van der Waals surface area contributed by atoms with Crippen molar-refractivity contribution in [1.29, 1.82) is 0 Å². The Bertz CT molecular complexity index is 1020. The molecule has 27 heavy (non-hydrogen) atoms. The minimum Gasteiger partial charge on any atom is -1.00 e. The lowest BCUT2D eigenvalue weighted by Crippen LogP contribution is -3.00. The molecule has 5 heterocycles. The van der Waals surface area contributed by atoms with E-state index in [1.165, 1.54) is 7.05 Å². The maximum Gasteiger partial charge on any atom is 0.349 e. The Kier molecular flexibility index (Phi) is 3.13. The van der Waals surface area contributed by atoms with Gasteiger partial charge in [0.1, 0.15) is 30.4 Å². The van der Waals surface area contributed by atoms with Gasteiger partial charge in [-0.05, 0) is 22.9 Å². The number of carbonyl (C=O) groups excluding carboxylic acids is 1. The number of thiophene rings is 2. The number of carbonyl (C=O) groups is 1. The van der Waals surface area contributed by atoms with Crippen LogP contribution >= 0.6 is 22.7 Å². The molecule has 2 aromatic rings. The van der Waals surface area contributed by atoms with Crippen molar-refractivity contribution in [2.75, 3.05) is 14.0 Å². The molecule has 4 atom stereocenters. The first kappa shape index (κ1) is 12.7. The van der Waals surface area contributed by atoms with Crippen molar-refractivity contribution in [1.82, 2.24) is 0 Å². The van der Waals surface area contributed by atoms with E-state index in [0.717, 1.165) is 22.7 Å². The predicted molar refractivity (Wildman–Crippen MR) is 99.1 cm³/mol.